The zero-order valence-electron chi connectivity index (χ0n) is 11.8. The minimum atomic E-state index is -0.371. The molecule has 0 aromatic heterocycles. The van der Waals surface area contributed by atoms with Gasteiger partial charge in [0.05, 0.1) is 11.4 Å². The summed E-state index contributed by atoms with van der Waals surface area (Å²) in [7, 11) is 0. The summed E-state index contributed by atoms with van der Waals surface area (Å²) in [5, 5.41) is 0.164. The Kier molecular flexibility index (Phi) is 4.50. The maximum absolute atomic E-state index is 12.9. The Bertz CT molecular complexity index is 804. The summed E-state index contributed by atoms with van der Waals surface area (Å²) in [6.07, 6.45) is 1.58. The first-order chi connectivity index (χ1) is 11.0. The minimum Gasteiger partial charge on any atom is -0.268 e. The molecule has 1 heterocycles. The van der Waals surface area contributed by atoms with Crippen LogP contribution in [0, 0.1) is 5.82 Å². The zero-order chi connectivity index (χ0) is 16.4. The molecule has 23 heavy (non-hydrogen) atoms. The molecule has 0 unspecified atom stereocenters. The highest BCUT2D eigenvalue weighted by atomic mass is 35.5. The van der Waals surface area contributed by atoms with E-state index in [0.29, 0.717) is 21.1 Å². The van der Waals surface area contributed by atoms with Crippen LogP contribution in [0.25, 0.3) is 6.08 Å². The normalized spacial score (nSPS) is 16.4. The van der Waals surface area contributed by atoms with Crippen molar-refractivity contribution in [3.8, 4) is 0 Å². The van der Waals surface area contributed by atoms with Crippen molar-refractivity contribution in [2.45, 2.75) is 6.54 Å². The molecule has 1 aliphatic rings. The van der Waals surface area contributed by atoms with Crippen LogP contribution >= 0.6 is 23.4 Å². The number of carbonyl (C=O) groups excluding carboxylic acids is 2. The van der Waals surface area contributed by atoms with Gasteiger partial charge < -0.3 is 0 Å². The summed E-state index contributed by atoms with van der Waals surface area (Å²) in [6, 6.07) is 12.8. The van der Waals surface area contributed by atoms with Crippen LogP contribution in [0.3, 0.4) is 0 Å². The standard InChI is InChI=1S/C17H11ClFNO2S/c18-14-4-2-1-3-12(14)10-20-16(21)15(23-17(20)22)9-11-5-7-13(19)8-6-11/h1-9H,10H2/b15-9-. The predicted molar refractivity (Wildman–Crippen MR) is 89.4 cm³/mol. The van der Waals surface area contributed by atoms with Gasteiger partial charge in [-0.2, -0.15) is 0 Å². The summed E-state index contributed by atoms with van der Waals surface area (Å²) >= 11 is 6.94. The second-order valence-corrected chi connectivity index (χ2v) is 6.31. The quantitative estimate of drug-likeness (QED) is 0.754. The fraction of sp³-hybridized carbons (Fsp3) is 0.0588. The van der Waals surface area contributed by atoms with Crippen LogP contribution < -0.4 is 0 Å². The van der Waals surface area contributed by atoms with Crippen LogP contribution in [-0.2, 0) is 11.3 Å². The molecule has 0 saturated carbocycles. The third-order valence-electron chi connectivity index (χ3n) is 3.33. The fourth-order valence-electron chi connectivity index (χ4n) is 2.14. The molecule has 0 radical (unpaired) electrons. The number of carbonyl (C=O) groups is 2. The van der Waals surface area contributed by atoms with Gasteiger partial charge in [-0.25, -0.2) is 4.39 Å². The van der Waals surface area contributed by atoms with E-state index >= 15 is 0 Å². The van der Waals surface area contributed by atoms with Gasteiger partial charge in [0.15, 0.2) is 0 Å². The maximum Gasteiger partial charge on any atom is 0.293 e. The minimum absolute atomic E-state index is 0.130. The van der Waals surface area contributed by atoms with Crippen LogP contribution in [0.15, 0.2) is 53.4 Å². The SMILES string of the molecule is O=C1S/C(=C\c2ccc(F)cc2)C(=O)N1Cc1ccccc1Cl. The van der Waals surface area contributed by atoms with Crippen LogP contribution in [0.1, 0.15) is 11.1 Å². The van der Waals surface area contributed by atoms with Gasteiger partial charge in [-0.15, -0.1) is 0 Å². The van der Waals surface area contributed by atoms with Gasteiger partial charge in [0, 0.05) is 5.02 Å². The van der Waals surface area contributed by atoms with Crippen molar-refractivity contribution in [2.75, 3.05) is 0 Å². The molecule has 3 rings (SSSR count). The number of rotatable bonds is 3. The number of amides is 2. The van der Waals surface area contributed by atoms with Gasteiger partial charge in [0.1, 0.15) is 5.82 Å². The van der Waals surface area contributed by atoms with Crippen LogP contribution in [-0.4, -0.2) is 16.0 Å². The third-order valence-corrected chi connectivity index (χ3v) is 4.60. The highest BCUT2D eigenvalue weighted by molar-refractivity contribution is 8.18. The Labute approximate surface area is 141 Å². The van der Waals surface area contributed by atoms with Crippen molar-refractivity contribution in [3.63, 3.8) is 0 Å². The van der Waals surface area contributed by atoms with Crippen LogP contribution in [0.4, 0.5) is 9.18 Å². The highest BCUT2D eigenvalue weighted by Gasteiger charge is 2.35. The number of benzene rings is 2. The largest absolute Gasteiger partial charge is 0.293 e. The lowest BCUT2D eigenvalue weighted by atomic mass is 10.2. The number of imide groups is 1. The van der Waals surface area contributed by atoms with E-state index in [9.17, 15) is 14.0 Å². The molecule has 1 aliphatic heterocycles. The molecule has 0 atom stereocenters. The molecule has 0 N–H and O–H groups in total. The second-order valence-electron chi connectivity index (χ2n) is 4.91. The average Bonchev–Trinajstić information content (AvgIpc) is 2.79. The molecule has 3 nitrogen and oxygen atoms in total. The lowest BCUT2D eigenvalue weighted by Gasteiger charge is -2.13. The first-order valence-electron chi connectivity index (χ1n) is 6.79. The third kappa shape index (κ3) is 3.46. The summed E-state index contributed by atoms with van der Waals surface area (Å²) in [5.74, 6) is -0.724. The van der Waals surface area contributed by atoms with Crippen molar-refractivity contribution in [1.29, 1.82) is 0 Å². The smallest absolute Gasteiger partial charge is 0.268 e. The first-order valence-corrected chi connectivity index (χ1v) is 7.98. The Morgan fingerprint density at radius 1 is 1.09 bits per heavy atom. The van der Waals surface area contributed by atoms with Crippen molar-refractivity contribution >= 4 is 40.6 Å². The van der Waals surface area contributed by atoms with Gasteiger partial charge in [-0.1, -0.05) is 41.9 Å². The summed E-state index contributed by atoms with van der Waals surface area (Å²) in [6.45, 7) is 0.130. The average molecular weight is 348 g/mol. The van der Waals surface area contributed by atoms with E-state index in [2.05, 4.69) is 0 Å². The second kappa shape index (κ2) is 6.56. The number of nitrogens with zero attached hydrogens (tertiary/aromatic N) is 1. The van der Waals surface area contributed by atoms with Crippen molar-refractivity contribution in [2.24, 2.45) is 0 Å². The number of hydrogen-bond acceptors (Lipinski definition) is 3. The van der Waals surface area contributed by atoms with Crippen molar-refractivity contribution in [3.05, 3.63) is 75.4 Å². The van der Waals surface area contributed by atoms with Crippen LogP contribution in [0.2, 0.25) is 5.02 Å². The van der Waals surface area contributed by atoms with Gasteiger partial charge in [0.2, 0.25) is 0 Å². The van der Waals surface area contributed by atoms with E-state index in [-0.39, 0.29) is 23.5 Å². The van der Waals surface area contributed by atoms with Gasteiger partial charge >= 0.3 is 0 Å². The zero-order valence-corrected chi connectivity index (χ0v) is 13.4. The molecular formula is C17H11ClFNO2S. The van der Waals surface area contributed by atoms with Gasteiger partial charge in [-0.05, 0) is 47.2 Å². The topological polar surface area (TPSA) is 37.4 Å². The molecule has 2 amide bonds. The first kappa shape index (κ1) is 15.8. The van der Waals surface area contributed by atoms with Crippen molar-refractivity contribution in [1.82, 2.24) is 4.90 Å². The Morgan fingerprint density at radius 2 is 1.78 bits per heavy atom. The predicted octanol–water partition coefficient (Wildman–Crippen LogP) is 4.72. The Morgan fingerprint density at radius 3 is 2.48 bits per heavy atom. The molecule has 116 valence electrons. The highest BCUT2D eigenvalue weighted by Crippen LogP contribution is 2.34. The van der Waals surface area contributed by atoms with E-state index in [1.54, 1.807) is 42.5 Å². The molecule has 1 fully saturated rings. The van der Waals surface area contributed by atoms with E-state index in [1.807, 2.05) is 0 Å². The molecule has 2 aromatic rings. The number of halogens is 2. The Hall–Kier alpha value is -2.11. The van der Waals surface area contributed by atoms with Gasteiger partial charge in [0.25, 0.3) is 11.1 Å². The number of thioether (sulfide) groups is 1. The maximum atomic E-state index is 12.9. The van der Waals surface area contributed by atoms with E-state index in [1.165, 1.54) is 12.1 Å². The van der Waals surface area contributed by atoms with E-state index in [0.717, 1.165) is 16.7 Å². The molecule has 0 spiro atoms. The van der Waals surface area contributed by atoms with Gasteiger partial charge in [-0.3, -0.25) is 14.5 Å². The lowest BCUT2D eigenvalue weighted by molar-refractivity contribution is -0.123. The lowest BCUT2D eigenvalue weighted by Crippen LogP contribution is -2.27. The number of hydrogen-bond donors (Lipinski definition) is 0. The molecule has 6 heteroatoms. The molecular weight excluding hydrogens is 337 g/mol. The molecule has 2 aromatic carbocycles. The molecule has 0 aliphatic carbocycles. The van der Waals surface area contributed by atoms with Crippen molar-refractivity contribution < 1.29 is 14.0 Å². The summed E-state index contributed by atoms with van der Waals surface area (Å²) in [5.41, 5.74) is 1.37. The van der Waals surface area contributed by atoms with Crippen LogP contribution in [0.5, 0.6) is 0 Å². The van der Waals surface area contributed by atoms with E-state index in [4.69, 9.17) is 11.6 Å². The summed E-state index contributed by atoms with van der Waals surface area (Å²) in [4.78, 5) is 25.9. The molecule has 1 saturated heterocycles. The monoisotopic (exact) mass is 347 g/mol. The Balaban J connectivity index is 1.82. The van der Waals surface area contributed by atoms with E-state index < -0.39 is 0 Å². The summed E-state index contributed by atoms with van der Waals surface area (Å²) < 4.78 is 12.9. The fourth-order valence-corrected chi connectivity index (χ4v) is 3.18. The molecule has 0 bridgehead atoms.